The summed E-state index contributed by atoms with van der Waals surface area (Å²) in [6.45, 7) is 4.17. The van der Waals surface area contributed by atoms with Gasteiger partial charge in [0.15, 0.2) is 0 Å². The van der Waals surface area contributed by atoms with Crippen LogP contribution in [0.5, 0.6) is 0 Å². The molecule has 0 fully saturated rings. The summed E-state index contributed by atoms with van der Waals surface area (Å²) in [5, 5.41) is 0. The van der Waals surface area contributed by atoms with Gasteiger partial charge in [-0.25, -0.2) is 0 Å². The van der Waals surface area contributed by atoms with E-state index in [0.29, 0.717) is 0 Å². The monoisotopic (exact) mass is 205 g/mol. The molecule has 1 aliphatic heterocycles. The highest BCUT2D eigenvalue weighted by molar-refractivity contribution is 7.46. The Balaban J connectivity index is 2.41. The first-order valence-electron chi connectivity index (χ1n) is 4.85. The Morgan fingerprint density at radius 3 is 2.36 bits per heavy atom. The third kappa shape index (κ3) is 1.78. The summed E-state index contributed by atoms with van der Waals surface area (Å²) in [6.07, 6.45) is 4.85. The third-order valence-corrected chi connectivity index (χ3v) is 4.16. The van der Waals surface area contributed by atoms with Crippen molar-refractivity contribution in [3.63, 3.8) is 0 Å². The summed E-state index contributed by atoms with van der Waals surface area (Å²) in [5.41, 5.74) is 3.87. The maximum atomic E-state index is 11.7. The lowest BCUT2D eigenvalue weighted by molar-refractivity contribution is 0.587. The average molecular weight is 205 g/mol. The van der Waals surface area contributed by atoms with E-state index >= 15 is 0 Å². The van der Waals surface area contributed by atoms with Crippen molar-refractivity contribution in [3.8, 4) is 0 Å². The lowest BCUT2D eigenvalue weighted by Gasteiger charge is -2.09. The molecule has 0 N–H and O–H groups in total. The van der Waals surface area contributed by atoms with Gasteiger partial charge in [0.2, 0.25) is 0 Å². The summed E-state index contributed by atoms with van der Waals surface area (Å²) < 4.78 is 11.7. The van der Waals surface area contributed by atoms with Crippen molar-refractivity contribution >= 4 is 7.80 Å². The molecule has 0 aliphatic carbocycles. The smallest absolute Gasteiger partial charge is 0.0872 e. The molecule has 0 amide bonds. The number of allylic oxidation sites excluding steroid dienone is 2. The van der Waals surface area contributed by atoms with Crippen LogP contribution in [0, 0.1) is 13.8 Å². The van der Waals surface area contributed by atoms with Crippen molar-refractivity contribution in [2.24, 2.45) is 0 Å². The molecule has 1 aliphatic rings. The van der Waals surface area contributed by atoms with Gasteiger partial charge in [-0.1, -0.05) is 41.5 Å². The van der Waals surface area contributed by atoms with Gasteiger partial charge in [-0.3, -0.25) is 4.57 Å². The quantitative estimate of drug-likeness (QED) is 0.504. The van der Waals surface area contributed by atoms with Crippen molar-refractivity contribution in [2.75, 3.05) is 6.16 Å². The standard InChI is InChI=1S/C12H14OP/c1-9-6-10(2)8-11(7-9)12-4-3-5-14(12)13/h3-4,6-8,12H,5H2,1-2H3. The SMILES string of the molecule is Cc1cc(C)cc(C2C=CC[P]2=O)c1. The molecule has 1 aromatic carbocycles. The Morgan fingerprint density at radius 2 is 1.86 bits per heavy atom. The first-order chi connectivity index (χ1) is 6.66. The van der Waals surface area contributed by atoms with Crippen LogP contribution in [-0.4, -0.2) is 6.16 Å². The highest BCUT2D eigenvalue weighted by Gasteiger charge is 2.20. The summed E-state index contributed by atoms with van der Waals surface area (Å²) in [4.78, 5) is 0. The third-order valence-electron chi connectivity index (χ3n) is 2.50. The van der Waals surface area contributed by atoms with Crippen LogP contribution in [0.2, 0.25) is 0 Å². The van der Waals surface area contributed by atoms with Crippen LogP contribution < -0.4 is 0 Å². The van der Waals surface area contributed by atoms with E-state index in [4.69, 9.17) is 0 Å². The zero-order chi connectivity index (χ0) is 10.1. The van der Waals surface area contributed by atoms with Gasteiger partial charge in [0.25, 0.3) is 0 Å². The molecule has 1 aromatic rings. The minimum atomic E-state index is -1.09. The highest BCUT2D eigenvalue weighted by atomic mass is 31.1. The first-order valence-corrected chi connectivity index (χ1v) is 6.37. The van der Waals surface area contributed by atoms with Gasteiger partial charge in [-0.15, -0.1) is 0 Å². The summed E-state index contributed by atoms with van der Waals surface area (Å²) in [6, 6.07) is 6.43. The maximum Gasteiger partial charge on any atom is 0.0872 e. The lowest BCUT2D eigenvalue weighted by atomic mass is 10.0. The molecule has 73 valence electrons. The molecule has 0 saturated carbocycles. The summed E-state index contributed by atoms with van der Waals surface area (Å²) >= 11 is 0. The minimum absolute atomic E-state index is 0.156. The second kappa shape index (κ2) is 3.67. The maximum absolute atomic E-state index is 11.7. The van der Waals surface area contributed by atoms with Gasteiger partial charge in [-0.05, 0) is 19.4 Å². The predicted octanol–water partition coefficient (Wildman–Crippen LogP) is 3.74. The van der Waals surface area contributed by atoms with E-state index < -0.39 is 7.80 Å². The molecule has 0 saturated heterocycles. The zero-order valence-electron chi connectivity index (χ0n) is 8.53. The van der Waals surface area contributed by atoms with E-state index in [2.05, 4.69) is 38.1 Å². The lowest BCUT2D eigenvalue weighted by Crippen LogP contribution is -1.89. The molecule has 0 aromatic heterocycles. The van der Waals surface area contributed by atoms with E-state index in [1.165, 1.54) is 16.7 Å². The van der Waals surface area contributed by atoms with Gasteiger partial charge in [0.1, 0.15) is 0 Å². The van der Waals surface area contributed by atoms with E-state index in [1.807, 2.05) is 6.08 Å². The van der Waals surface area contributed by atoms with Crippen LogP contribution in [0.1, 0.15) is 22.3 Å². The van der Waals surface area contributed by atoms with Crippen molar-refractivity contribution in [3.05, 3.63) is 47.0 Å². The predicted molar refractivity (Wildman–Crippen MR) is 60.3 cm³/mol. The molecule has 2 heteroatoms. The van der Waals surface area contributed by atoms with Crippen molar-refractivity contribution in [1.29, 1.82) is 0 Å². The van der Waals surface area contributed by atoms with E-state index in [1.54, 1.807) is 0 Å². The number of rotatable bonds is 1. The molecule has 0 spiro atoms. The van der Waals surface area contributed by atoms with Crippen LogP contribution in [0.3, 0.4) is 0 Å². The molecule has 0 bridgehead atoms. The Morgan fingerprint density at radius 1 is 1.21 bits per heavy atom. The van der Waals surface area contributed by atoms with Gasteiger partial charge >= 0.3 is 0 Å². The van der Waals surface area contributed by atoms with Crippen LogP contribution in [0.25, 0.3) is 0 Å². The van der Waals surface area contributed by atoms with Crippen LogP contribution in [0.15, 0.2) is 30.4 Å². The number of aryl methyl sites for hydroxylation is 2. The van der Waals surface area contributed by atoms with E-state index in [-0.39, 0.29) is 5.66 Å². The van der Waals surface area contributed by atoms with Crippen LogP contribution >= 0.6 is 7.80 Å². The summed E-state index contributed by atoms with van der Waals surface area (Å²) in [7, 11) is -1.09. The Bertz CT molecular complexity index is 387. The molecule has 1 heterocycles. The first kappa shape index (κ1) is 9.61. The molecule has 14 heavy (non-hydrogen) atoms. The average Bonchev–Trinajstić information content (AvgIpc) is 2.49. The molecular weight excluding hydrogens is 191 g/mol. The van der Waals surface area contributed by atoms with Crippen molar-refractivity contribution in [1.82, 2.24) is 0 Å². The van der Waals surface area contributed by atoms with Gasteiger partial charge in [-0.2, -0.15) is 0 Å². The molecular formula is C12H14OP. The summed E-state index contributed by atoms with van der Waals surface area (Å²) in [5.74, 6) is 0. The number of hydrogen-bond acceptors (Lipinski definition) is 1. The molecule has 1 nitrogen and oxygen atoms in total. The highest BCUT2D eigenvalue weighted by Crippen LogP contribution is 2.46. The van der Waals surface area contributed by atoms with Crippen LogP contribution in [0.4, 0.5) is 0 Å². The molecule has 2 atom stereocenters. The van der Waals surface area contributed by atoms with E-state index in [9.17, 15) is 4.57 Å². The van der Waals surface area contributed by atoms with Crippen molar-refractivity contribution < 1.29 is 4.57 Å². The number of benzene rings is 1. The van der Waals surface area contributed by atoms with Gasteiger partial charge in [0, 0.05) is 6.16 Å². The Kier molecular flexibility index (Phi) is 2.52. The fourth-order valence-electron chi connectivity index (χ4n) is 1.96. The number of hydrogen-bond donors (Lipinski definition) is 0. The topological polar surface area (TPSA) is 17.1 Å². The molecule has 2 rings (SSSR count). The second-order valence-corrected chi connectivity index (χ2v) is 5.65. The fourth-order valence-corrected chi connectivity index (χ4v) is 3.31. The normalized spacial score (nSPS) is 23.0. The second-order valence-electron chi connectivity index (χ2n) is 3.89. The fraction of sp³-hybridized carbons (Fsp3) is 0.333. The molecule has 1 radical (unpaired) electrons. The molecule has 2 unspecified atom stereocenters. The Hall–Kier alpha value is -0.940. The zero-order valence-corrected chi connectivity index (χ0v) is 9.42. The van der Waals surface area contributed by atoms with Gasteiger partial charge in [0.05, 0.1) is 13.5 Å². The van der Waals surface area contributed by atoms with Crippen LogP contribution in [-0.2, 0) is 4.57 Å². The minimum Gasteiger partial charge on any atom is -0.286 e. The van der Waals surface area contributed by atoms with E-state index in [0.717, 1.165) is 6.16 Å². The Labute approximate surface area is 85.6 Å². The largest absolute Gasteiger partial charge is 0.286 e. The van der Waals surface area contributed by atoms with Crippen molar-refractivity contribution in [2.45, 2.75) is 19.5 Å². The van der Waals surface area contributed by atoms with Gasteiger partial charge < -0.3 is 0 Å².